The summed E-state index contributed by atoms with van der Waals surface area (Å²) in [6, 6.07) is 8.19. The Morgan fingerprint density at radius 1 is 1.40 bits per heavy atom. The second-order valence-electron chi connectivity index (χ2n) is 3.57. The zero-order valence-electron chi connectivity index (χ0n) is 9.40. The normalized spacial score (nSPS) is 12.5. The van der Waals surface area contributed by atoms with Crippen molar-refractivity contribution in [1.82, 2.24) is 0 Å². The Kier molecular flexibility index (Phi) is 5.15. The first-order chi connectivity index (χ1) is 7.26. The number of hydrogen-bond acceptors (Lipinski definition) is 3. The molecule has 3 heteroatoms. The number of rotatable bonds is 6. The van der Waals surface area contributed by atoms with Crippen LogP contribution in [0.4, 0.5) is 0 Å². The molecule has 0 saturated heterocycles. The highest BCUT2D eigenvalue weighted by Crippen LogP contribution is 2.14. The van der Waals surface area contributed by atoms with Crippen LogP contribution in [0, 0.1) is 0 Å². The number of ether oxygens (including phenoxy) is 2. The predicted octanol–water partition coefficient (Wildman–Crippen LogP) is 1.95. The maximum atomic E-state index is 5.89. The molecule has 15 heavy (non-hydrogen) atoms. The first-order valence-electron chi connectivity index (χ1n) is 5.22. The van der Waals surface area contributed by atoms with E-state index in [4.69, 9.17) is 15.2 Å². The molecule has 0 heterocycles. The largest absolute Gasteiger partial charge is 0.468 e. The first kappa shape index (κ1) is 12.0. The topological polar surface area (TPSA) is 44.5 Å². The molecule has 0 aliphatic heterocycles. The molecule has 3 nitrogen and oxygen atoms in total. The van der Waals surface area contributed by atoms with Crippen LogP contribution in [-0.2, 0) is 11.2 Å². The van der Waals surface area contributed by atoms with Crippen LogP contribution in [0.2, 0.25) is 0 Å². The summed E-state index contributed by atoms with van der Waals surface area (Å²) in [5.74, 6) is 0.831. The van der Waals surface area contributed by atoms with Crippen molar-refractivity contribution in [3.63, 3.8) is 0 Å². The highest BCUT2D eigenvalue weighted by atomic mass is 16.7. The second-order valence-corrected chi connectivity index (χ2v) is 3.57. The van der Waals surface area contributed by atoms with E-state index in [0.717, 1.165) is 18.6 Å². The smallest absolute Gasteiger partial charge is 0.188 e. The molecule has 1 aromatic carbocycles. The molecule has 1 rings (SSSR count). The van der Waals surface area contributed by atoms with Crippen LogP contribution in [0.5, 0.6) is 5.75 Å². The van der Waals surface area contributed by atoms with E-state index in [0.29, 0.717) is 0 Å². The van der Waals surface area contributed by atoms with Crippen LogP contribution in [0.15, 0.2) is 24.3 Å². The molecule has 0 aromatic heterocycles. The van der Waals surface area contributed by atoms with E-state index in [1.165, 1.54) is 5.56 Å². The molecule has 1 atom stereocenters. The molecule has 2 N–H and O–H groups in total. The Hall–Kier alpha value is -1.06. The number of nitrogens with two attached hydrogens (primary N) is 1. The van der Waals surface area contributed by atoms with Crippen LogP contribution < -0.4 is 10.5 Å². The van der Waals surface area contributed by atoms with E-state index in [1.807, 2.05) is 18.2 Å². The molecule has 0 aliphatic carbocycles. The lowest BCUT2D eigenvalue weighted by molar-refractivity contribution is 0.0511. The zero-order chi connectivity index (χ0) is 11.1. The third-order valence-electron chi connectivity index (χ3n) is 2.26. The van der Waals surface area contributed by atoms with Gasteiger partial charge in [0.25, 0.3) is 0 Å². The molecule has 84 valence electrons. The molecular formula is C12H19NO2. The van der Waals surface area contributed by atoms with E-state index < -0.39 is 0 Å². The van der Waals surface area contributed by atoms with E-state index in [-0.39, 0.29) is 12.8 Å². The minimum absolute atomic E-state index is 0.225. The van der Waals surface area contributed by atoms with Gasteiger partial charge in [-0.05, 0) is 30.5 Å². The average molecular weight is 209 g/mol. The van der Waals surface area contributed by atoms with Crippen LogP contribution in [-0.4, -0.2) is 19.9 Å². The Bertz CT molecular complexity index is 289. The average Bonchev–Trinajstić information content (AvgIpc) is 2.26. The van der Waals surface area contributed by atoms with Gasteiger partial charge in [-0.2, -0.15) is 0 Å². The van der Waals surface area contributed by atoms with Crippen molar-refractivity contribution in [3.05, 3.63) is 29.8 Å². The summed E-state index contributed by atoms with van der Waals surface area (Å²) in [5.41, 5.74) is 7.10. The fraction of sp³-hybridized carbons (Fsp3) is 0.500. The minimum atomic E-state index is 0.225. The van der Waals surface area contributed by atoms with Gasteiger partial charge in [0.1, 0.15) is 5.75 Å². The van der Waals surface area contributed by atoms with Crippen LogP contribution in [0.1, 0.15) is 18.9 Å². The van der Waals surface area contributed by atoms with E-state index >= 15 is 0 Å². The monoisotopic (exact) mass is 209 g/mol. The van der Waals surface area contributed by atoms with E-state index in [2.05, 4.69) is 13.0 Å². The van der Waals surface area contributed by atoms with Crippen molar-refractivity contribution in [2.75, 3.05) is 13.9 Å². The Balaban J connectivity index is 2.57. The number of methoxy groups -OCH3 is 1. The van der Waals surface area contributed by atoms with Gasteiger partial charge in [-0.3, -0.25) is 0 Å². The highest BCUT2D eigenvalue weighted by Gasteiger charge is 2.02. The fourth-order valence-electron chi connectivity index (χ4n) is 1.34. The van der Waals surface area contributed by atoms with Crippen molar-refractivity contribution in [1.29, 1.82) is 0 Å². The Morgan fingerprint density at radius 3 is 2.87 bits per heavy atom. The molecule has 0 spiro atoms. The van der Waals surface area contributed by atoms with E-state index in [1.54, 1.807) is 7.11 Å². The summed E-state index contributed by atoms with van der Waals surface area (Å²) in [6.07, 6.45) is 1.88. The van der Waals surface area contributed by atoms with Crippen molar-refractivity contribution in [3.8, 4) is 5.75 Å². The van der Waals surface area contributed by atoms with Crippen molar-refractivity contribution >= 4 is 0 Å². The summed E-state index contributed by atoms with van der Waals surface area (Å²) >= 11 is 0. The first-order valence-corrected chi connectivity index (χ1v) is 5.22. The number of benzene rings is 1. The SMILES string of the molecule is CCC(N)Cc1cccc(OCOC)c1. The summed E-state index contributed by atoms with van der Waals surface area (Å²) < 4.78 is 10.2. The van der Waals surface area contributed by atoms with Gasteiger partial charge < -0.3 is 15.2 Å². The van der Waals surface area contributed by atoms with Gasteiger partial charge in [-0.25, -0.2) is 0 Å². The Morgan fingerprint density at radius 2 is 2.20 bits per heavy atom. The van der Waals surface area contributed by atoms with Crippen molar-refractivity contribution < 1.29 is 9.47 Å². The van der Waals surface area contributed by atoms with Gasteiger partial charge in [0.15, 0.2) is 6.79 Å². The predicted molar refractivity (Wildman–Crippen MR) is 60.9 cm³/mol. The number of hydrogen-bond donors (Lipinski definition) is 1. The summed E-state index contributed by atoms with van der Waals surface area (Å²) in [5, 5.41) is 0. The Labute approximate surface area is 91.2 Å². The third-order valence-corrected chi connectivity index (χ3v) is 2.26. The summed E-state index contributed by atoms with van der Waals surface area (Å²) in [6.45, 7) is 2.37. The van der Waals surface area contributed by atoms with Gasteiger partial charge in [0.05, 0.1) is 0 Å². The molecule has 0 saturated carbocycles. The minimum Gasteiger partial charge on any atom is -0.468 e. The van der Waals surface area contributed by atoms with Gasteiger partial charge in [0, 0.05) is 13.2 Å². The maximum absolute atomic E-state index is 5.89. The van der Waals surface area contributed by atoms with Crippen molar-refractivity contribution in [2.45, 2.75) is 25.8 Å². The second kappa shape index (κ2) is 6.43. The maximum Gasteiger partial charge on any atom is 0.188 e. The quantitative estimate of drug-likeness (QED) is 0.728. The van der Waals surface area contributed by atoms with E-state index in [9.17, 15) is 0 Å². The van der Waals surface area contributed by atoms with Crippen molar-refractivity contribution in [2.24, 2.45) is 5.73 Å². The molecule has 1 unspecified atom stereocenters. The van der Waals surface area contributed by atoms with Gasteiger partial charge >= 0.3 is 0 Å². The lowest BCUT2D eigenvalue weighted by atomic mass is 10.0. The molecule has 0 aliphatic rings. The molecule has 1 aromatic rings. The zero-order valence-corrected chi connectivity index (χ0v) is 9.40. The molecule has 0 radical (unpaired) electrons. The molecule has 0 amide bonds. The van der Waals surface area contributed by atoms with Gasteiger partial charge in [0.2, 0.25) is 0 Å². The third kappa shape index (κ3) is 4.32. The molecular weight excluding hydrogens is 190 g/mol. The molecule has 0 bridgehead atoms. The summed E-state index contributed by atoms with van der Waals surface area (Å²) in [4.78, 5) is 0. The lowest BCUT2D eigenvalue weighted by Gasteiger charge is -2.10. The lowest BCUT2D eigenvalue weighted by Crippen LogP contribution is -2.21. The standard InChI is InChI=1S/C12H19NO2/c1-3-11(13)7-10-5-4-6-12(8-10)15-9-14-2/h4-6,8,11H,3,7,9,13H2,1-2H3. The van der Waals surface area contributed by atoms with Crippen LogP contribution in [0.25, 0.3) is 0 Å². The summed E-state index contributed by atoms with van der Waals surface area (Å²) in [7, 11) is 1.61. The fourth-order valence-corrected chi connectivity index (χ4v) is 1.34. The van der Waals surface area contributed by atoms with Gasteiger partial charge in [-0.15, -0.1) is 0 Å². The highest BCUT2D eigenvalue weighted by molar-refractivity contribution is 5.28. The van der Waals surface area contributed by atoms with Crippen LogP contribution >= 0.6 is 0 Å². The molecule has 0 fully saturated rings. The van der Waals surface area contributed by atoms with Gasteiger partial charge in [-0.1, -0.05) is 19.1 Å². The van der Waals surface area contributed by atoms with Crippen LogP contribution in [0.3, 0.4) is 0 Å².